The number of ether oxygens (including phenoxy) is 1. The van der Waals surface area contributed by atoms with E-state index in [4.69, 9.17) is 27.9 Å². The van der Waals surface area contributed by atoms with E-state index >= 15 is 0 Å². The Morgan fingerprint density at radius 2 is 2.17 bits per heavy atom. The second kappa shape index (κ2) is 4.72. The second-order valence-corrected chi connectivity index (χ2v) is 5.86. The largest absolute Gasteiger partial charge is 0.351 e. The molecule has 2 heterocycles. The van der Waals surface area contributed by atoms with Crippen molar-refractivity contribution in [3.8, 4) is 0 Å². The number of nitrogens with one attached hydrogen (secondary N) is 1. The first-order valence-corrected chi connectivity index (χ1v) is 6.48. The van der Waals surface area contributed by atoms with Crippen molar-refractivity contribution in [3.63, 3.8) is 0 Å². The Bertz CT molecular complexity index is 552. The van der Waals surface area contributed by atoms with Crippen LogP contribution in [0.25, 0.3) is 0 Å². The highest BCUT2D eigenvalue weighted by Crippen LogP contribution is 2.50. The van der Waals surface area contributed by atoms with Gasteiger partial charge in [-0.2, -0.15) is 0 Å². The molecule has 0 saturated carbocycles. The van der Waals surface area contributed by atoms with Crippen LogP contribution in [0.15, 0.2) is 21.9 Å². The van der Waals surface area contributed by atoms with Crippen molar-refractivity contribution >= 4 is 23.2 Å². The van der Waals surface area contributed by atoms with Gasteiger partial charge in [0.2, 0.25) is 0 Å². The third-order valence-corrected chi connectivity index (χ3v) is 4.37. The van der Waals surface area contributed by atoms with Gasteiger partial charge < -0.3 is 4.74 Å². The molecule has 0 aliphatic carbocycles. The van der Waals surface area contributed by atoms with Gasteiger partial charge >= 0.3 is 5.69 Å². The van der Waals surface area contributed by atoms with E-state index < -0.39 is 21.8 Å². The van der Waals surface area contributed by atoms with E-state index in [1.165, 1.54) is 16.8 Å². The van der Waals surface area contributed by atoms with Crippen LogP contribution in [0.3, 0.4) is 0 Å². The van der Waals surface area contributed by atoms with Crippen LogP contribution in [0.4, 0.5) is 0 Å². The summed E-state index contributed by atoms with van der Waals surface area (Å²) >= 11 is 12.6. The molecule has 3 atom stereocenters. The van der Waals surface area contributed by atoms with Gasteiger partial charge in [0.05, 0.1) is 6.10 Å². The molecule has 1 aliphatic rings. The van der Waals surface area contributed by atoms with Gasteiger partial charge in [0.15, 0.2) is 10.6 Å². The smallest absolute Gasteiger partial charge is 0.330 e. The van der Waals surface area contributed by atoms with Gasteiger partial charge in [0.1, 0.15) is 0 Å². The molecule has 1 fully saturated rings. The van der Waals surface area contributed by atoms with E-state index in [9.17, 15) is 9.59 Å². The Labute approximate surface area is 114 Å². The average molecular weight is 293 g/mol. The Kier molecular flexibility index (Phi) is 3.58. The van der Waals surface area contributed by atoms with Crippen LogP contribution in [-0.4, -0.2) is 20.0 Å². The molecule has 1 N–H and O–H groups in total. The molecule has 0 bridgehead atoms. The van der Waals surface area contributed by atoms with Gasteiger partial charge in [-0.25, -0.2) is 4.79 Å². The fourth-order valence-electron chi connectivity index (χ4n) is 2.16. The van der Waals surface area contributed by atoms with Gasteiger partial charge in [-0.05, 0) is 6.42 Å². The summed E-state index contributed by atoms with van der Waals surface area (Å²) in [4.78, 5) is 24.9. The van der Waals surface area contributed by atoms with E-state index in [0.29, 0.717) is 0 Å². The van der Waals surface area contributed by atoms with Crippen LogP contribution >= 0.6 is 23.2 Å². The van der Waals surface area contributed by atoms with Crippen molar-refractivity contribution in [2.24, 2.45) is 5.92 Å². The number of H-pyrrole nitrogens is 1. The van der Waals surface area contributed by atoms with E-state index in [-0.39, 0.29) is 12.0 Å². The number of hydrogen-bond donors (Lipinski definition) is 1. The quantitative estimate of drug-likeness (QED) is 0.843. The van der Waals surface area contributed by atoms with Crippen molar-refractivity contribution in [1.29, 1.82) is 0 Å². The minimum atomic E-state index is -1.21. The molecule has 1 aromatic rings. The highest BCUT2D eigenvalue weighted by atomic mass is 35.5. The normalized spacial score (nSPS) is 30.6. The molecule has 5 nitrogen and oxygen atoms in total. The summed E-state index contributed by atoms with van der Waals surface area (Å²) in [6.45, 7) is 3.84. The third-order valence-electron chi connectivity index (χ3n) is 3.30. The summed E-state index contributed by atoms with van der Waals surface area (Å²) in [7, 11) is 0. The summed E-state index contributed by atoms with van der Waals surface area (Å²) in [6.07, 6.45) is 1.17. The number of nitrogens with zero attached hydrogens (tertiary/aromatic N) is 1. The number of hydrogen-bond acceptors (Lipinski definition) is 3. The van der Waals surface area contributed by atoms with Crippen LogP contribution in [0.5, 0.6) is 0 Å². The maximum Gasteiger partial charge on any atom is 0.330 e. The molecule has 1 aliphatic heterocycles. The Balaban J connectivity index is 2.45. The molecule has 0 amide bonds. The van der Waals surface area contributed by atoms with Crippen LogP contribution in [-0.2, 0) is 4.74 Å². The SMILES string of the molecule is CC[C@H]1O[C@@H](n2ccc(=O)[nH]c2=O)C(Cl)(Cl)[C@@H]1C. The Morgan fingerprint density at radius 3 is 2.67 bits per heavy atom. The van der Waals surface area contributed by atoms with Crippen LogP contribution in [0.2, 0.25) is 0 Å². The topological polar surface area (TPSA) is 64.1 Å². The van der Waals surface area contributed by atoms with Crippen LogP contribution < -0.4 is 11.2 Å². The van der Waals surface area contributed by atoms with Gasteiger partial charge in [-0.15, -0.1) is 0 Å². The molecule has 18 heavy (non-hydrogen) atoms. The van der Waals surface area contributed by atoms with Crippen LogP contribution in [0.1, 0.15) is 26.5 Å². The molecule has 1 aromatic heterocycles. The molecule has 7 heteroatoms. The van der Waals surface area contributed by atoms with Crippen molar-refractivity contribution in [2.45, 2.75) is 36.9 Å². The maximum absolute atomic E-state index is 11.7. The lowest BCUT2D eigenvalue weighted by molar-refractivity contribution is -0.00926. The monoisotopic (exact) mass is 292 g/mol. The predicted octanol–water partition coefficient (Wildman–Crippen LogP) is 1.65. The predicted molar refractivity (Wildman–Crippen MR) is 69.1 cm³/mol. The maximum atomic E-state index is 11.7. The highest BCUT2D eigenvalue weighted by Gasteiger charge is 2.53. The molecule has 0 unspecified atom stereocenters. The van der Waals surface area contributed by atoms with Gasteiger partial charge in [-0.3, -0.25) is 14.3 Å². The Morgan fingerprint density at radius 1 is 1.50 bits per heavy atom. The first-order valence-electron chi connectivity index (χ1n) is 5.72. The first-order chi connectivity index (χ1) is 8.37. The van der Waals surface area contributed by atoms with Crippen molar-refractivity contribution < 1.29 is 4.74 Å². The molecule has 0 radical (unpaired) electrons. The zero-order valence-electron chi connectivity index (χ0n) is 10.0. The number of aromatic amines is 1. The summed E-state index contributed by atoms with van der Waals surface area (Å²) < 4.78 is 5.73. The molecule has 0 aromatic carbocycles. The molecular weight excluding hydrogens is 279 g/mol. The fraction of sp³-hybridized carbons (Fsp3) is 0.636. The molecular formula is C11H14Cl2N2O3. The molecule has 1 saturated heterocycles. The van der Waals surface area contributed by atoms with Gasteiger partial charge in [0.25, 0.3) is 5.56 Å². The highest BCUT2D eigenvalue weighted by molar-refractivity contribution is 6.49. The van der Waals surface area contributed by atoms with Gasteiger partial charge in [0, 0.05) is 18.2 Å². The van der Waals surface area contributed by atoms with Crippen LogP contribution in [0, 0.1) is 5.92 Å². The first kappa shape index (κ1) is 13.6. The minimum absolute atomic E-state index is 0.116. The summed E-state index contributed by atoms with van der Waals surface area (Å²) in [5, 5.41) is 0. The third kappa shape index (κ3) is 2.11. The lowest BCUT2D eigenvalue weighted by atomic mass is 10.0. The number of aromatic nitrogens is 2. The Hall–Kier alpha value is -0.780. The average Bonchev–Trinajstić information content (AvgIpc) is 2.52. The summed E-state index contributed by atoms with van der Waals surface area (Å²) in [5.41, 5.74) is -1.05. The second-order valence-electron chi connectivity index (χ2n) is 4.42. The summed E-state index contributed by atoms with van der Waals surface area (Å²) in [5.74, 6) is -0.116. The summed E-state index contributed by atoms with van der Waals surface area (Å²) in [6, 6.07) is 1.23. The van der Waals surface area contributed by atoms with Crippen molar-refractivity contribution in [1.82, 2.24) is 9.55 Å². The fourth-order valence-corrected chi connectivity index (χ4v) is 2.75. The minimum Gasteiger partial charge on any atom is -0.351 e. The van der Waals surface area contributed by atoms with E-state index in [2.05, 4.69) is 4.98 Å². The van der Waals surface area contributed by atoms with E-state index in [1.54, 1.807) is 0 Å². The zero-order valence-corrected chi connectivity index (χ0v) is 11.5. The lowest BCUT2D eigenvalue weighted by Gasteiger charge is -2.24. The lowest BCUT2D eigenvalue weighted by Crippen LogP contribution is -2.38. The number of alkyl halides is 2. The van der Waals surface area contributed by atoms with Gasteiger partial charge in [-0.1, -0.05) is 37.0 Å². The van der Waals surface area contributed by atoms with E-state index in [1.807, 2.05) is 13.8 Å². The number of halogens is 2. The molecule has 2 rings (SSSR count). The standard InChI is InChI=1S/C11H14Cl2N2O3/c1-3-7-6(2)11(12,13)9(18-7)15-5-4-8(16)14-10(15)17/h4-7,9H,3H2,1-2H3,(H,14,16,17)/t6-,7-,9-/m1/s1. The molecule has 0 spiro atoms. The zero-order chi connectivity index (χ0) is 13.5. The van der Waals surface area contributed by atoms with Crippen molar-refractivity contribution in [2.75, 3.05) is 0 Å². The van der Waals surface area contributed by atoms with Crippen molar-refractivity contribution in [3.05, 3.63) is 33.1 Å². The van der Waals surface area contributed by atoms with E-state index in [0.717, 1.165) is 6.42 Å². The molecule has 100 valence electrons. The number of rotatable bonds is 2.